The summed E-state index contributed by atoms with van der Waals surface area (Å²) in [5, 5.41) is 0.455. The molecule has 0 unspecified atom stereocenters. The molecular formula is C17H19ClN6S2. The molecular weight excluding hydrogens is 388 g/mol. The van der Waals surface area contributed by atoms with Crippen LogP contribution in [0.15, 0.2) is 28.3 Å². The molecule has 0 aliphatic carbocycles. The molecule has 9 heteroatoms. The van der Waals surface area contributed by atoms with Crippen molar-refractivity contribution in [2.45, 2.75) is 36.5 Å². The number of aromatic nitrogens is 4. The van der Waals surface area contributed by atoms with Gasteiger partial charge in [-0.2, -0.15) is 8.75 Å². The predicted molar refractivity (Wildman–Crippen MR) is 108 cm³/mol. The van der Waals surface area contributed by atoms with Crippen molar-refractivity contribution in [3.05, 3.63) is 23.5 Å². The molecule has 0 aromatic carbocycles. The third-order valence-corrected chi connectivity index (χ3v) is 6.87. The lowest BCUT2D eigenvalue weighted by molar-refractivity contribution is 0.279. The Morgan fingerprint density at radius 3 is 2.65 bits per heavy atom. The average molecular weight is 407 g/mol. The number of hydrogen-bond acceptors (Lipinski definition) is 8. The van der Waals surface area contributed by atoms with Gasteiger partial charge in [0.15, 0.2) is 5.82 Å². The zero-order valence-corrected chi connectivity index (χ0v) is 17.0. The van der Waals surface area contributed by atoms with Crippen LogP contribution in [0.5, 0.6) is 0 Å². The second-order valence-electron chi connectivity index (χ2n) is 7.17. The van der Waals surface area contributed by atoms with E-state index in [1.54, 1.807) is 6.20 Å². The minimum Gasteiger partial charge on any atom is -0.382 e. The maximum absolute atomic E-state index is 6.28. The van der Waals surface area contributed by atoms with Crippen molar-refractivity contribution in [3.8, 4) is 0 Å². The van der Waals surface area contributed by atoms with Gasteiger partial charge in [0.1, 0.15) is 16.9 Å². The van der Waals surface area contributed by atoms with E-state index in [2.05, 4.69) is 32.5 Å². The van der Waals surface area contributed by atoms with E-state index in [-0.39, 0.29) is 0 Å². The first-order chi connectivity index (χ1) is 12.4. The molecule has 0 amide bonds. The van der Waals surface area contributed by atoms with Crippen LogP contribution >= 0.6 is 35.1 Å². The molecule has 0 saturated carbocycles. The van der Waals surface area contributed by atoms with Crippen LogP contribution in [0, 0.1) is 5.41 Å². The molecule has 1 saturated heterocycles. The molecule has 0 radical (unpaired) electrons. The van der Waals surface area contributed by atoms with Gasteiger partial charge < -0.3 is 10.6 Å². The van der Waals surface area contributed by atoms with E-state index in [4.69, 9.17) is 22.3 Å². The summed E-state index contributed by atoms with van der Waals surface area (Å²) < 4.78 is 9.02. The maximum atomic E-state index is 6.28. The molecule has 6 nitrogen and oxygen atoms in total. The Hall–Kier alpha value is -1.64. The van der Waals surface area contributed by atoms with Gasteiger partial charge in [0.05, 0.1) is 21.6 Å². The fourth-order valence-electron chi connectivity index (χ4n) is 3.01. The first-order valence-corrected chi connectivity index (χ1v) is 10.3. The largest absolute Gasteiger partial charge is 0.382 e. The minimum atomic E-state index is 0.324. The quantitative estimate of drug-likeness (QED) is 0.685. The predicted octanol–water partition coefficient (Wildman–Crippen LogP) is 4.49. The smallest absolute Gasteiger partial charge is 0.158 e. The number of pyridine rings is 2. The molecule has 136 valence electrons. The van der Waals surface area contributed by atoms with E-state index in [0.29, 0.717) is 16.3 Å². The number of nitrogens with zero attached hydrogens (tertiary/aromatic N) is 5. The van der Waals surface area contributed by atoms with Gasteiger partial charge in [0.25, 0.3) is 0 Å². The van der Waals surface area contributed by atoms with Crippen LogP contribution in [-0.4, -0.2) is 31.8 Å². The Balaban J connectivity index is 1.67. The highest BCUT2D eigenvalue weighted by Gasteiger charge is 2.28. The number of piperidine rings is 1. The van der Waals surface area contributed by atoms with Crippen molar-refractivity contribution < 1.29 is 0 Å². The molecule has 3 aromatic rings. The van der Waals surface area contributed by atoms with Gasteiger partial charge in [0.2, 0.25) is 0 Å². The van der Waals surface area contributed by atoms with E-state index in [1.807, 2.05) is 12.3 Å². The van der Waals surface area contributed by atoms with Crippen molar-refractivity contribution in [3.63, 3.8) is 0 Å². The molecule has 0 spiro atoms. The van der Waals surface area contributed by atoms with E-state index >= 15 is 0 Å². The molecule has 2 N–H and O–H groups in total. The fourth-order valence-corrected chi connectivity index (χ4v) is 4.75. The van der Waals surface area contributed by atoms with Crippen molar-refractivity contribution in [2.24, 2.45) is 5.41 Å². The first kappa shape index (κ1) is 17.8. The average Bonchev–Trinajstić information content (AvgIpc) is 3.10. The summed E-state index contributed by atoms with van der Waals surface area (Å²) in [7, 11) is 0. The highest BCUT2D eigenvalue weighted by atomic mass is 35.5. The summed E-state index contributed by atoms with van der Waals surface area (Å²) >= 11 is 8.98. The molecule has 3 aromatic heterocycles. The number of nitrogen functional groups attached to an aromatic ring is 1. The van der Waals surface area contributed by atoms with Gasteiger partial charge in [-0.25, -0.2) is 9.97 Å². The highest BCUT2D eigenvalue weighted by molar-refractivity contribution is 7.99. The first-order valence-electron chi connectivity index (χ1n) is 8.39. The van der Waals surface area contributed by atoms with Crippen LogP contribution < -0.4 is 10.6 Å². The summed E-state index contributed by atoms with van der Waals surface area (Å²) in [6, 6.07) is 1.84. The van der Waals surface area contributed by atoms with Crippen LogP contribution in [0.3, 0.4) is 0 Å². The summed E-state index contributed by atoms with van der Waals surface area (Å²) in [6.07, 6.45) is 5.81. The van der Waals surface area contributed by atoms with E-state index in [0.717, 1.165) is 52.6 Å². The number of nitrogens with two attached hydrogens (primary N) is 1. The lowest BCUT2D eigenvalue weighted by atomic mass is 9.83. The Kier molecular flexibility index (Phi) is 4.66. The third kappa shape index (κ3) is 3.33. The van der Waals surface area contributed by atoms with E-state index in [1.165, 1.54) is 23.5 Å². The van der Waals surface area contributed by atoms with Crippen molar-refractivity contribution in [1.82, 2.24) is 18.7 Å². The van der Waals surface area contributed by atoms with Crippen molar-refractivity contribution in [2.75, 3.05) is 23.7 Å². The zero-order chi connectivity index (χ0) is 18.3. The number of fused-ring (bicyclic) bond motifs is 1. The van der Waals surface area contributed by atoms with E-state index in [9.17, 15) is 0 Å². The second-order valence-corrected chi connectivity index (χ2v) is 9.16. The summed E-state index contributed by atoms with van der Waals surface area (Å²) in [6.45, 7) is 6.63. The Morgan fingerprint density at radius 2 is 1.88 bits per heavy atom. The minimum absolute atomic E-state index is 0.324. The van der Waals surface area contributed by atoms with Crippen LogP contribution in [0.2, 0.25) is 5.02 Å². The maximum Gasteiger partial charge on any atom is 0.158 e. The van der Waals surface area contributed by atoms with Gasteiger partial charge >= 0.3 is 0 Å². The number of anilines is 2. The number of rotatable bonds is 3. The Morgan fingerprint density at radius 1 is 1.15 bits per heavy atom. The Bertz CT molecular complexity index is 948. The lowest BCUT2D eigenvalue weighted by Crippen LogP contribution is -2.37. The number of hydrogen-bond donors (Lipinski definition) is 1. The summed E-state index contributed by atoms with van der Waals surface area (Å²) in [5.41, 5.74) is 7.92. The van der Waals surface area contributed by atoms with Gasteiger partial charge in [-0.15, -0.1) is 0 Å². The SMILES string of the molecule is CC1(C)CCN(c2ncc(Sc3ccnc(N)c3Cl)c3nsnc23)CC1. The molecule has 4 rings (SSSR count). The van der Waals surface area contributed by atoms with Crippen LogP contribution in [0.25, 0.3) is 11.0 Å². The lowest BCUT2D eigenvalue weighted by Gasteiger charge is -2.37. The third-order valence-electron chi connectivity index (χ3n) is 4.75. The van der Waals surface area contributed by atoms with Gasteiger partial charge in [-0.1, -0.05) is 37.2 Å². The van der Waals surface area contributed by atoms with Gasteiger partial charge in [0, 0.05) is 30.4 Å². The summed E-state index contributed by atoms with van der Waals surface area (Å²) in [4.78, 5) is 12.8. The number of halogens is 1. The monoisotopic (exact) mass is 406 g/mol. The normalized spacial score (nSPS) is 17.0. The standard InChI is InChI=1S/C17H19ClN6S2/c1-17(2)4-7-24(8-5-17)16-14-13(22-26-23-14)11(9-21-16)25-10-3-6-20-15(19)12(10)18/h3,6,9H,4-5,7-8H2,1-2H3,(H2,19,20). The molecule has 1 aliphatic rings. The molecule has 1 aliphatic heterocycles. The molecule has 26 heavy (non-hydrogen) atoms. The zero-order valence-electron chi connectivity index (χ0n) is 14.6. The molecule has 4 heterocycles. The van der Waals surface area contributed by atoms with Crippen LogP contribution in [0.4, 0.5) is 11.6 Å². The topological polar surface area (TPSA) is 80.8 Å². The van der Waals surface area contributed by atoms with Gasteiger partial charge in [-0.05, 0) is 24.3 Å². The van der Waals surface area contributed by atoms with Crippen LogP contribution in [0.1, 0.15) is 26.7 Å². The Labute approximate surface area is 165 Å². The summed E-state index contributed by atoms with van der Waals surface area (Å²) in [5.74, 6) is 1.25. The van der Waals surface area contributed by atoms with Crippen molar-refractivity contribution in [1.29, 1.82) is 0 Å². The molecule has 0 atom stereocenters. The fraction of sp³-hybridized carbons (Fsp3) is 0.412. The van der Waals surface area contributed by atoms with Crippen LogP contribution in [-0.2, 0) is 0 Å². The van der Waals surface area contributed by atoms with Crippen molar-refractivity contribution >= 4 is 57.8 Å². The molecule has 1 fully saturated rings. The van der Waals surface area contributed by atoms with Gasteiger partial charge in [-0.3, -0.25) is 0 Å². The van der Waals surface area contributed by atoms with E-state index < -0.39 is 0 Å². The highest BCUT2D eigenvalue weighted by Crippen LogP contribution is 2.40. The second kappa shape index (κ2) is 6.83. The molecule has 0 bridgehead atoms.